The van der Waals surface area contributed by atoms with Crippen LogP contribution in [0.5, 0.6) is 5.75 Å². The van der Waals surface area contributed by atoms with Gasteiger partial charge in [0.25, 0.3) is 0 Å². The largest absolute Gasteiger partial charge is 0.382 e. The summed E-state index contributed by atoms with van der Waals surface area (Å²) in [6, 6.07) is 14.9. The quantitative estimate of drug-likeness (QED) is 0.260. The lowest BCUT2D eigenvalue weighted by Crippen LogP contribution is -2.28. The average molecular weight is 507 g/mol. The van der Waals surface area contributed by atoms with Gasteiger partial charge < -0.3 is 19.8 Å². The Labute approximate surface area is 208 Å². The van der Waals surface area contributed by atoms with E-state index in [1.807, 2.05) is 0 Å². The van der Waals surface area contributed by atoms with Crippen LogP contribution in [-0.4, -0.2) is 35.4 Å². The summed E-state index contributed by atoms with van der Waals surface area (Å²) in [4.78, 5) is 23.5. The number of H-pyrrole nitrogens is 1. The van der Waals surface area contributed by atoms with Gasteiger partial charge in [-0.1, -0.05) is 12.8 Å². The van der Waals surface area contributed by atoms with Crippen molar-refractivity contribution in [2.45, 2.75) is 43.2 Å². The van der Waals surface area contributed by atoms with Gasteiger partial charge in [0.2, 0.25) is 5.95 Å². The Morgan fingerprint density at radius 1 is 1.03 bits per heavy atom. The lowest BCUT2D eigenvalue weighted by molar-refractivity contribution is 0.251. The summed E-state index contributed by atoms with van der Waals surface area (Å²) in [6.45, 7) is 0.335. The van der Waals surface area contributed by atoms with E-state index in [0.29, 0.717) is 23.6 Å². The molecular formula is C25H26N6O4S. The molecule has 2 amide bonds. The monoisotopic (exact) mass is 506 g/mol. The number of hydrogen-bond acceptors (Lipinski definition) is 7. The van der Waals surface area contributed by atoms with Crippen LogP contribution in [0.25, 0.3) is 11.0 Å². The van der Waals surface area contributed by atoms with E-state index in [9.17, 15) is 13.2 Å². The zero-order chi connectivity index (χ0) is 25.0. The number of aromatic nitrogens is 3. The van der Waals surface area contributed by atoms with Crippen LogP contribution in [0, 0.1) is 0 Å². The molecule has 36 heavy (non-hydrogen) atoms. The molecule has 0 spiro atoms. The molecule has 0 saturated heterocycles. The van der Waals surface area contributed by atoms with Crippen molar-refractivity contribution >= 4 is 38.8 Å². The van der Waals surface area contributed by atoms with Crippen LogP contribution in [0.2, 0.25) is 0 Å². The molecule has 0 radical (unpaired) electrons. The normalized spacial score (nSPS) is 14.0. The number of nitrogens with zero attached hydrogens (tertiary/aromatic N) is 2. The number of aromatic amines is 1. The number of benzene rings is 2. The van der Waals surface area contributed by atoms with E-state index in [1.54, 1.807) is 42.7 Å². The van der Waals surface area contributed by atoms with Gasteiger partial charge in [-0.05, 0) is 66.9 Å². The highest BCUT2D eigenvalue weighted by molar-refractivity contribution is 7.87. The standard InChI is InChI=1S/C25H26N6O4S/c32-25(27-16-17-11-13-26-14-12-17)31-24-29-22-10-7-20(15-23(22)30-24)35-36(33,34)21-8-5-19(6-9-21)28-18-3-1-2-4-18/h5-15,18,28H,1-4,16H2,(H3,27,29,30,31,32). The maximum atomic E-state index is 12.8. The van der Waals surface area contributed by atoms with E-state index in [0.717, 1.165) is 24.1 Å². The second kappa shape index (κ2) is 10.2. The SMILES string of the molecule is O=C(NCc1ccncc1)Nc1nc2cc(OS(=O)(=O)c3ccc(NC4CCCC4)cc3)ccc2[nH]1. The van der Waals surface area contributed by atoms with Crippen molar-refractivity contribution in [3.05, 3.63) is 72.6 Å². The summed E-state index contributed by atoms with van der Waals surface area (Å²) in [6.07, 6.45) is 8.00. The Balaban J connectivity index is 1.21. The van der Waals surface area contributed by atoms with Crippen molar-refractivity contribution in [1.82, 2.24) is 20.3 Å². The highest BCUT2D eigenvalue weighted by atomic mass is 32.2. The molecule has 11 heteroatoms. The molecule has 0 aliphatic heterocycles. The predicted octanol–water partition coefficient (Wildman–Crippen LogP) is 4.40. The molecule has 186 valence electrons. The predicted molar refractivity (Wildman–Crippen MR) is 136 cm³/mol. The average Bonchev–Trinajstić information content (AvgIpc) is 3.52. The third-order valence-corrected chi connectivity index (χ3v) is 7.23. The van der Waals surface area contributed by atoms with Crippen molar-refractivity contribution < 1.29 is 17.4 Å². The van der Waals surface area contributed by atoms with Crippen molar-refractivity contribution in [3.63, 3.8) is 0 Å². The summed E-state index contributed by atoms with van der Waals surface area (Å²) in [7, 11) is -4.02. The van der Waals surface area contributed by atoms with Gasteiger partial charge in [0.1, 0.15) is 10.6 Å². The Bertz CT molecular complexity index is 1450. The van der Waals surface area contributed by atoms with Crippen molar-refractivity contribution in [2.24, 2.45) is 0 Å². The Morgan fingerprint density at radius 3 is 2.53 bits per heavy atom. The molecule has 4 aromatic rings. The van der Waals surface area contributed by atoms with Crippen molar-refractivity contribution in [3.8, 4) is 5.75 Å². The van der Waals surface area contributed by atoms with Gasteiger partial charge in [-0.25, -0.2) is 9.78 Å². The number of carbonyl (C=O) groups is 1. The zero-order valence-electron chi connectivity index (χ0n) is 19.4. The smallest absolute Gasteiger partial charge is 0.339 e. The van der Waals surface area contributed by atoms with E-state index >= 15 is 0 Å². The Kier molecular flexibility index (Phi) is 6.72. The van der Waals surface area contributed by atoms with Crippen LogP contribution < -0.4 is 20.1 Å². The van der Waals surface area contributed by atoms with Crippen molar-refractivity contribution in [2.75, 3.05) is 10.6 Å². The Hall–Kier alpha value is -4.12. The molecule has 5 rings (SSSR count). The molecule has 2 heterocycles. The van der Waals surface area contributed by atoms with Gasteiger partial charge in [-0.2, -0.15) is 8.42 Å². The molecule has 1 aliphatic rings. The molecule has 2 aromatic heterocycles. The first-order valence-corrected chi connectivity index (χ1v) is 13.1. The van der Waals surface area contributed by atoms with Crippen LogP contribution in [0.1, 0.15) is 31.2 Å². The van der Waals surface area contributed by atoms with E-state index in [4.69, 9.17) is 4.18 Å². The molecule has 1 aliphatic carbocycles. The molecule has 0 atom stereocenters. The van der Waals surface area contributed by atoms with Gasteiger partial charge in [0.15, 0.2) is 0 Å². The highest BCUT2D eigenvalue weighted by Gasteiger charge is 2.19. The summed E-state index contributed by atoms with van der Waals surface area (Å²) in [5, 5.41) is 8.80. The van der Waals surface area contributed by atoms with E-state index in [-0.39, 0.29) is 16.6 Å². The van der Waals surface area contributed by atoms with E-state index in [1.165, 1.54) is 37.1 Å². The number of carbonyl (C=O) groups excluding carboxylic acids is 1. The minimum absolute atomic E-state index is 0.0646. The summed E-state index contributed by atoms with van der Waals surface area (Å²) < 4.78 is 30.9. The van der Waals surface area contributed by atoms with Gasteiger partial charge in [-0.15, -0.1) is 0 Å². The lowest BCUT2D eigenvalue weighted by Gasteiger charge is -2.14. The number of anilines is 2. The molecule has 0 unspecified atom stereocenters. The zero-order valence-corrected chi connectivity index (χ0v) is 20.2. The molecule has 1 saturated carbocycles. The van der Waals surface area contributed by atoms with Crippen molar-refractivity contribution in [1.29, 1.82) is 0 Å². The Morgan fingerprint density at radius 2 is 1.78 bits per heavy atom. The fourth-order valence-corrected chi connectivity index (χ4v) is 5.05. The number of amides is 2. The van der Waals surface area contributed by atoms with Gasteiger partial charge in [-0.3, -0.25) is 10.3 Å². The summed E-state index contributed by atoms with van der Waals surface area (Å²) in [5.41, 5.74) is 2.87. The molecule has 2 aromatic carbocycles. The third-order valence-electron chi connectivity index (χ3n) is 5.96. The van der Waals surface area contributed by atoms with E-state index < -0.39 is 16.1 Å². The number of urea groups is 1. The van der Waals surface area contributed by atoms with E-state index in [2.05, 4.69) is 30.9 Å². The van der Waals surface area contributed by atoms with Crippen LogP contribution in [0.3, 0.4) is 0 Å². The molecule has 0 bridgehead atoms. The maximum absolute atomic E-state index is 12.8. The number of hydrogen-bond donors (Lipinski definition) is 4. The molecule has 1 fully saturated rings. The summed E-state index contributed by atoms with van der Waals surface area (Å²) >= 11 is 0. The number of fused-ring (bicyclic) bond motifs is 1. The molecular weight excluding hydrogens is 480 g/mol. The van der Waals surface area contributed by atoms with Gasteiger partial charge in [0, 0.05) is 36.7 Å². The van der Waals surface area contributed by atoms with Crippen LogP contribution in [-0.2, 0) is 16.7 Å². The van der Waals surface area contributed by atoms with Gasteiger partial charge >= 0.3 is 16.1 Å². The minimum Gasteiger partial charge on any atom is -0.382 e. The first-order valence-electron chi connectivity index (χ1n) is 11.7. The third kappa shape index (κ3) is 5.74. The highest BCUT2D eigenvalue weighted by Crippen LogP contribution is 2.26. The fourth-order valence-electron chi connectivity index (χ4n) is 4.13. The summed E-state index contributed by atoms with van der Waals surface area (Å²) in [5.74, 6) is 0.346. The second-order valence-corrected chi connectivity index (χ2v) is 10.2. The van der Waals surface area contributed by atoms with Gasteiger partial charge in [0.05, 0.1) is 11.0 Å². The first-order chi connectivity index (χ1) is 17.4. The molecule has 10 nitrogen and oxygen atoms in total. The number of rotatable bonds is 8. The van der Waals surface area contributed by atoms with Crippen LogP contribution >= 0.6 is 0 Å². The van der Waals surface area contributed by atoms with Crippen LogP contribution in [0.15, 0.2) is 71.9 Å². The molecule has 4 N–H and O–H groups in total. The number of imidazole rings is 1. The lowest BCUT2D eigenvalue weighted by atomic mass is 10.2. The topological polar surface area (TPSA) is 138 Å². The fraction of sp³-hybridized carbons (Fsp3) is 0.240. The maximum Gasteiger partial charge on any atom is 0.339 e. The first kappa shape index (κ1) is 23.6. The van der Waals surface area contributed by atoms with Crippen LogP contribution in [0.4, 0.5) is 16.4 Å². The second-order valence-electron chi connectivity index (χ2n) is 8.62. The number of nitrogens with one attached hydrogen (secondary N) is 4. The number of pyridine rings is 1. The minimum atomic E-state index is -4.02.